The number of amides is 2. The van der Waals surface area contributed by atoms with Gasteiger partial charge in [-0.05, 0) is 83.6 Å². The summed E-state index contributed by atoms with van der Waals surface area (Å²) >= 11 is 0. The molecular formula is C57H48N7O8-. The largest absolute Gasteiger partial charge is 0.664 e. The van der Waals surface area contributed by atoms with Crippen LogP contribution >= 0.6 is 0 Å². The zero-order valence-corrected chi connectivity index (χ0v) is 39.0. The quantitative estimate of drug-likeness (QED) is 0.0813. The summed E-state index contributed by atoms with van der Waals surface area (Å²) in [5.74, 6) is -1.97. The number of hydrogen-bond donors (Lipinski definition) is 5. The first kappa shape index (κ1) is 49.7. The van der Waals surface area contributed by atoms with Gasteiger partial charge in [0.05, 0.1) is 53.3 Å². The molecule has 2 amide bonds. The maximum absolute atomic E-state index is 12.5. The maximum Gasteiger partial charge on any atom is 0.339 e. The van der Waals surface area contributed by atoms with Crippen LogP contribution in [0.3, 0.4) is 0 Å². The van der Waals surface area contributed by atoms with E-state index in [2.05, 4.69) is 49.6 Å². The fourth-order valence-electron chi connectivity index (χ4n) is 7.26. The molecule has 0 saturated heterocycles. The number of rotatable bonds is 5. The number of aromatic amines is 1. The number of fused-ring (bicyclic) bond motifs is 4. The zero-order chi connectivity index (χ0) is 50.8. The molecule has 11 rings (SSSR count). The number of H-pyrrole nitrogens is 1. The van der Waals surface area contributed by atoms with Crippen molar-refractivity contribution in [2.24, 2.45) is 0 Å². The van der Waals surface area contributed by atoms with Crippen molar-refractivity contribution < 1.29 is 38.6 Å². The standard InChI is InChI=1S/C17H14N2O3.C16H12N2O3.C8H9NO2.C8H7N.C8H6N/c1-22-16(20)13-7-3-4-8-14(13)18-17(21)19-11-10-12-6-2-5-9-15(12)19;19-15(20)12-6-2-3-7-13(12)17-16(21)18-10-9-11-5-1-4-8-14(11)18;1-11-8(10)6-4-2-3-5-7(6)9;2*1-2-4-8-7(3-1)5-6-9-8/h2-11H,1H3,(H,18,21);1-10H,(H,17,21)(H,19,20);2-5H,9H2,1H3;1-6,9H;1-6H/q;;;;-1. The molecule has 0 bridgehead atoms. The number of hydrogen-bond acceptors (Lipinski definition) is 8. The minimum atomic E-state index is -1.08. The Labute approximate surface area is 413 Å². The number of carbonyl (C=O) groups is 5. The van der Waals surface area contributed by atoms with Gasteiger partial charge >= 0.3 is 30.0 Å². The van der Waals surface area contributed by atoms with Gasteiger partial charge in [0, 0.05) is 40.6 Å². The van der Waals surface area contributed by atoms with Gasteiger partial charge in [-0.1, -0.05) is 121 Å². The molecule has 0 aliphatic carbocycles. The van der Waals surface area contributed by atoms with Crippen LogP contribution in [-0.2, 0) is 9.47 Å². The highest BCUT2D eigenvalue weighted by molar-refractivity contribution is 6.05. The van der Waals surface area contributed by atoms with E-state index in [0.29, 0.717) is 22.5 Å². The molecule has 4 heterocycles. The number of para-hydroxylation sites is 7. The molecule has 6 N–H and O–H groups in total. The fourth-order valence-corrected chi connectivity index (χ4v) is 7.26. The number of nitrogen functional groups attached to an aromatic ring is 1. The van der Waals surface area contributed by atoms with Crippen LogP contribution in [0.5, 0.6) is 0 Å². The van der Waals surface area contributed by atoms with E-state index < -0.39 is 23.9 Å². The Balaban J connectivity index is 0.000000139. The Morgan fingerprint density at radius 3 is 1.51 bits per heavy atom. The van der Waals surface area contributed by atoms with Crippen molar-refractivity contribution >= 4 is 90.6 Å². The Morgan fingerprint density at radius 1 is 0.500 bits per heavy atom. The van der Waals surface area contributed by atoms with Crippen molar-refractivity contribution in [1.82, 2.24) is 19.1 Å². The summed E-state index contributed by atoms with van der Waals surface area (Å²) in [4.78, 5) is 65.8. The maximum atomic E-state index is 12.5. The number of nitrogens with zero attached hydrogens (tertiary/aromatic N) is 3. The molecule has 11 aromatic rings. The highest BCUT2D eigenvalue weighted by atomic mass is 16.5. The number of nitrogens with two attached hydrogens (primary N) is 1. The molecule has 0 spiro atoms. The second kappa shape index (κ2) is 24.2. The molecule has 360 valence electrons. The summed E-state index contributed by atoms with van der Waals surface area (Å²) in [6.45, 7) is 0. The molecule has 0 atom stereocenters. The molecular weight excluding hydrogens is 911 g/mol. The van der Waals surface area contributed by atoms with Gasteiger partial charge < -0.3 is 40.9 Å². The highest BCUT2D eigenvalue weighted by Gasteiger charge is 2.16. The number of aromatic nitrogens is 4. The number of benzene rings is 7. The Morgan fingerprint density at radius 2 is 0.958 bits per heavy atom. The predicted molar refractivity (Wildman–Crippen MR) is 282 cm³/mol. The first-order valence-corrected chi connectivity index (χ1v) is 22.2. The topological polar surface area (TPSA) is 214 Å². The number of ether oxygens (including phenoxy) is 2. The van der Waals surface area contributed by atoms with Crippen LogP contribution in [0.2, 0.25) is 0 Å². The second-order valence-electron chi connectivity index (χ2n) is 15.4. The molecule has 0 aliphatic rings. The lowest BCUT2D eigenvalue weighted by atomic mass is 10.2. The number of anilines is 3. The molecule has 0 unspecified atom stereocenters. The number of aromatic carboxylic acids is 1. The summed E-state index contributed by atoms with van der Waals surface area (Å²) in [6, 6.07) is 58.2. The van der Waals surface area contributed by atoms with Crippen LogP contribution < -0.4 is 21.4 Å². The van der Waals surface area contributed by atoms with Crippen LogP contribution in [0.4, 0.5) is 26.7 Å². The van der Waals surface area contributed by atoms with E-state index in [1.165, 1.54) is 45.7 Å². The van der Waals surface area contributed by atoms with E-state index in [0.717, 1.165) is 27.3 Å². The lowest BCUT2D eigenvalue weighted by molar-refractivity contribution is 0.0593. The molecule has 0 radical (unpaired) electrons. The zero-order valence-electron chi connectivity index (χ0n) is 39.0. The SMILES string of the molecule is COC(=O)c1ccccc1N.COC(=O)c1ccccc1NC(=O)n1ccc2ccccc21.O=C(O)c1ccccc1NC(=O)n1ccc2ccccc21.c1ccc2[n-]ccc2c1.c1ccc2[nH]ccc2c1. The van der Waals surface area contributed by atoms with Crippen molar-refractivity contribution in [1.29, 1.82) is 0 Å². The molecule has 4 aromatic heterocycles. The molecule has 0 aliphatic heterocycles. The number of carboxylic acid groups (broad SMARTS) is 1. The Hall–Kier alpha value is -10.2. The number of carbonyl (C=O) groups excluding carboxylic acids is 4. The summed E-state index contributed by atoms with van der Waals surface area (Å²) < 4.78 is 12.2. The second-order valence-corrected chi connectivity index (χ2v) is 15.4. The van der Waals surface area contributed by atoms with Crippen molar-refractivity contribution in [3.63, 3.8) is 0 Å². The summed E-state index contributed by atoms with van der Waals surface area (Å²) in [7, 11) is 2.63. The monoisotopic (exact) mass is 958 g/mol. The molecule has 0 fully saturated rings. The molecule has 15 heteroatoms. The summed E-state index contributed by atoms with van der Waals surface area (Å²) in [5.41, 5.74) is 11.3. The number of esters is 2. The average Bonchev–Trinajstić information content (AvgIpc) is 4.26. The van der Waals surface area contributed by atoms with E-state index in [-0.39, 0.29) is 17.3 Å². The molecule has 72 heavy (non-hydrogen) atoms. The normalized spacial score (nSPS) is 10.2. The van der Waals surface area contributed by atoms with Gasteiger partial charge in [0.2, 0.25) is 0 Å². The van der Waals surface area contributed by atoms with Gasteiger partial charge in [0.1, 0.15) is 0 Å². The van der Waals surface area contributed by atoms with Crippen LogP contribution in [0, 0.1) is 0 Å². The third-order valence-electron chi connectivity index (χ3n) is 10.8. The van der Waals surface area contributed by atoms with Gasteiger partial charge in [-0.2, -0.15) is 6.20 Å². The van der Waals surface area contributed by atoms with Crippen LogP contribution in [0.25, 0.3) is 43.6 Å². The third-order valence-corrected chi connectivity index (χ3v) is 10.8. The van der Waals surface area contributed by atoms with Crippen LogP contribution in [0.15, 0.2) is 219 Å². The summed E-state index contributed by atoms with van der Waals surface area (Å²) in [6.07, 6.45) is 7.12. The van der Waals surface area contributed by atoms with Gasteiger partial charge in [-0.15, -0.1) is 5.52 Å². The first-order valence-electron chi connectivity index (χ1n) is 22.2. The third kappa shape index (κ3) is 12.5. The van der Waals surface area contributed by atoms with Crippen molar-refractivity contribution in [2.75, 3.05) is 30.6 Å². The van der Waals surface area contributed by atoms with Gasteiger partial charge in [-0.3, -0.25) is 9.13 Å². The Kier molecular flexibility index (Phi) is 16.7. The highest BCUT2D eigenvalue weighted by Crippen LogP contribution is 2.21. The lowest BCUT2D eigenvalue weighted by Gasteiger charge is -2.10. The van der Waals surface area contributed by atoms with Gasteiger partial charge in [-0.25, -0.2) is 24.0 Å². The van der Waals surface area contributed by atoms with E-state index in [1.54, 1.807) is 79.1 Å². The van der Waals surface area contributed by atoms with Crippen LogP contribution in [-0.4, -0.2) is 63.4 Å². The van der Waals surface area contributed by atoms with Gasteiger partial charge in [0.25, 0.3) is 0 Å². The smallest absolute Gasteiger partial charge is 0.339 e. The van der Waals surface area contributed by atoms with Crippen molar-refractivity contribution in [3.05, 3.63) is 236 Å². The molecule has 0 saturated carbocycles. The number of nitrogens with one attached hydrogen (secondary N) is 3. The average molecular weight is 959 g/mol. The first-order chi connectivity index (χ1) is 35.1. The number of methoxy groups -OCH3 is 2. The molecule has 15 nitrogen and oxygen atoms in total. The van der Waals surface area contributed by atoms with E-state index in [4.69, 9.17) is 15.6 Å². The number of carboxylic acids is 1. The van der Waals surface area contributed by atoms with E-state index >= 15 is 0 Å². The lowest BCUT2D eigenvalue weighted by Crippen LogP contribution is -2.20. The van der Waals surface area contributed by atoms with E-state index in [1.807, 2.05) is 109 Å². The minimum Gasteiger partial charge on any atom is -0.664 e. The van der Waals surface area contributed by atoms with E-state index in [9.17, 15) is 24.0 Å². The van der Waals surface area contributed by atoms with Crippen LogP contribution in [0.1, 0.15) is 31.1 Å². The fraction of sp³-hybridized carbons (Fsp3) is 0.0351. The van der Waals surface area contributed by atoms with Gasteiger partial charge in [0.15, 0.2) is 0 Å². The summed E-state index contributed by atoms with van der Waals surface area (Å²) in [5, 5.41) is 18.9. The molecule has 7 aromatic carbocycles. The predicted octanol–water partition coefficient (Wildman–Crippen LogP) is 11.9. The van der Waals surface area contributed by atoms with Crippen molar-refractivity contribution in [3.8, 4) is 0 Å². The van der Waals surface area contributed by atoms with Crippen molar-refractivity contribution in [2.45, 2.75) is 0 Å². The minimum absolute atomic E-state index is 0.0577. The Bertz CT molecular complexity index is 3500.